The van der Waals surface area contributed by atoms with Crippen molar-refractivity contribution >= 4 is 0 Å². The Morgan fingerprint density at radius 1 is 1.44 bits per heavy atom. The van der Waals surface area contributed by atoms with Gasteiger partial charge in [0.15, 0.2) is 0 Å². The normalized spacial score (nSPS) is 33.8. The molecule has 5 unspecified atom stereocenters. The molecule has 1 aromatic heterocycles. The molecular weight excluding hydrogens is 228 g/mol. The standard InChI is InChI=1S/C13H24N4O/c1-8-9(2)18-10(3)13(8)11(16-14)7-12-15-5-6-17(12)4/h5-6,8-11,13,16H,7,14H2,1-4H3. The summed E-state index contributed by atoms with van der Waals surface area (Å²) in [7, 11) is 2.01. The van der Waals surface area contributed by atoms with Crippen molar-refractivity contribution in [2.24, 2.45) is 24.7 Å². The Morgan fingerprint density at radius 2 is 2.17 bits per heavy atom. The van der Waals surface area contributed by atoms with Crippen molar-refractivity contribution in [1.82, 2.24) is 15.0 Å². The van der Waals surface area contributed by atoms with E-state index in [2.05, 4.69) is 31.2 Å². The topological polar surface area (TPSA) is 65.1 Å². The van der Waals surface area contributed by atoms with Crippen molar-refractivity contribution < 1.29 is 4.74 Å². The summed E-state index contributed by atoms with van der Waals surface area (Å²) >= 11 is 0. The molecule has 1 aromatic rings. The van der Waals surface area contributed by atoms with Crippen molar-refractivity contribution in [3.05, 3.63) is 18.2 Å². The molecule has 1 aliphatic heterocycles. The lowest BCUT2D eigenvalue weighted by atomic mass is 9.82. The lowest BCUT2D eigenvalue weighted by Gasteiger charge is -2.28. The molecule has 1 fully saturated rings. The zero-order valence-corrected chi connectivity index (χ0v) is 11.6. The van der Waals surface area contributed by atoms with Crippen LogP contribution in [-0.2, 0) is 18.2 Å². The van der Waals surface area contributed by atoms with E-state index in [9.17, 15) is 0 Å². The fourth-order valence-electron chi connectivity index (χ4n) is 3.08. The third-order valence-electron chi connectivity index (χ3n) is 4.32. The highest BCUT2D eigenvalue weighted by Crippen LogP contribution is 2.35. The van der Waals surface area contributed by atoms with E-state index in [4.69, 9.17) is 10.6 Å². The number of aromatic nitrogens is 2. The van der Waals surface area contributed by atoms with Crippen LogP contribution in [0.1, 0.15) is 26.6 Å². The Hall–Kier alpha value is -0.910. The molecular formula is C13H24N4O. The highest BCUT2D eigenvalue weighted by atomic mass is 16.5. The smallest absolute Gasteiger partial charge is 0.109 e. The van der Waals surface area contributed by atoms with Crippen LogP contribution >= 0.6 is 0 Å². The van der Waals surface area contributed by atoms with Gasteiger partial charge in [0.25, 0.3) is 0 Å². The van der Waals surface area contributed by atoms with Gasteiger partial charge in [-0.3, -0.25) is 11.3 Å². The summed E-state index contributed by atoms with van der Waals surface area (Å²) < 4.78 is 7.94. The first-order valence-electron chi connectivity index (χ1n) is 6.62. The number of hydrazine groups is 1. The molecule has 0 bridgehead atoms. The van der Waals surface area contributed by atoms with Crippen molar-refractivity contribution in [3.63, 3.8) is 0 Å². The van der Waals surface area contributed by atoms with Crippen LogP contribution in [0, 0.1) is 11.8 Å². The molecule has 5 heteroatoms. The zero-order valence-electron chi connectivity index (χ0n) is 11.6. The molecule has 5 nitrogen and oxygen atoms in total. The van der Waals surface area contributed by atoms with Crippen LogP contribution in [0.5, 0.6) is 0 Å². The first-order chi connectivity index (χ1) is 8.54. The summed E-state index contributed by atoms with van der Waals surface area (Å²) in [6, 6.07) is 0.195. The van der Waals surface area contributed by atoms with E-state index in [1.807, 2.05) is 24.0 Å². The van der Waals surface area contributed by atoms with Crippen molar-refractivity contribution in [3.8, 4) is 0 Å². The summed E-state index contributed by atoms with van der Waals surface area (Å²) in [5, 5.41) is 0. The number of imidazole rings is 1. The molecule has 0 spiro atoms. The van der Waals surface area contributed by atoms with Crippen LogP contribution in [-0.4, -0.2) is 27.8 Å². The van der Waals surface area contributed by atoms with Gasteiger partial charge in [-0.05, 0) is 19.8 Å². The van der Waals surface area contributed by atoms with E-state index in [0.717, 1.165) is 12.2 Å². The Labute approximate surface area is 109 Å². The SMILES string of the molecule is CC1OC(C)C(C(Cc2nccn2C)NN)C1C. The number of nitrogens with zero attached hydrogens (tertiary/aromatic N) is 2. The lowest BCUT2D eigenvalue weighted by Crippen LogP contribution is -2.47. The van der Waals surface area contributed by atoms with E-state index >= 15 is 0 Å². The number of nitrogens with one attached hydrogen (secondary N) is 1. The molecule has 1 aliphatic rings. The van der Waals surface area contributed by atoms with Crippen molar-refractivity contribution in [1.29, 1.82) is 0 Å². The maximum Gasteiger partial charge on any atom is 0.109 e. The highest BCUT2D eigenvalue weighted by Gasteiger charge is 2.41. The Kier molecular flexibility index (Phi) is 4.04. The number of nitrogens with two attached hydrogens (primary N) is 1. The molecule has 18 heavy (non-hydrogen) atoms. The average molecular weight is 252 g/mol. The predicted molar refractivity (Wildman–Crippen MR) is 70.7 cm³/mol. The molecule has 3 N–H and O–H groups in total. The lowest BCUT2D eigenvalue weighted by molar-refractivity contribution is 0.0475. The van der Waals surface area contributed by atoms with Crippen LogP contribution in [0.25, 0.3) is 0 Å². The molecule has 0 aromatic carbocycles. The maximum atomic E-state index is 5.90. The van der Waals surface area contributed by atoms with Crippen LogP contribution in [0.15, 0.2) is 12.4 Å². The largest absolute Gasteiger partial charge is 0.375 e. The van der Waals surface area contributed by atoms with Gasteiger partial charge in [0.1, 0.15) is 5.82 Å². The third-order valence-corrected chi connectivity index (χ3v) is 4.32. The van der Waals surface area contributed by atoms with Crippen LogP contribution in [0.2, 0.25) is 0 Å². The first kappa shape index (κ1) is 13.5. The van der Waals surface area contributed by atoms with Gasteiger partial charge in [0, 0.05) is 37.8 Å². The van der Waals surface area contributed by atoms with Gasteiger partial charge in [0.2, 0.25) is 0 Å². The summed E-state index contributed by atoms with van der Waals surface area (Å²) in [6.07, 6.45) is 5.14. The predicted octanol–water partition coefficient (Wildman–Crippen LogP) is 0.854. The number of aryl methyl sites for hydroxylation is 1. The van der Waals surface area contributed by atoms with E-state index in [-0.39, 0.29) is 12.1 Å². The quantitative estimate of drug-likeness (QED) is 0.616. The second-order valence-electron chi connectivity index (χ2n) is 5.41. The van der Waals surface area contributed by atoms with Gasteiger partial charge in [-0.25, -0.2) is 4.98 Å². The van der Waals surface area contributed by atoms with Gasteiger partial charge < -0.3 is 9.30 Å². The third kappa shape index (κ3) is 2.43. The highest BCUT2D eigenvalue weighted by molar-refractivity contribution is 4.99. The van der Waals surface area contributed by atoms with E-state index in [1.165, 1.54) is 0 Å². The van der Waals surface area contributed by atoms with Gasteiger partial charge in [-0.2, -0.15) is 0 Å². The van der Waals surface area contributed by atoms with Crippen LogP contribution in [0.4, 0.5) is 0 Å². The Balaban J connectivity index is 2.11. The second kappa shape index (κ2) is 5.38. The number of rotatable bonds is 4. The van der Waals surface area contributed by atoms with Gasteiger partial charge in [-0.1, -0.05) is 6.92 Å². The monoisotopic (exact) mass is 252 g/mol. The van der Waals surface area contributed by atoms with E-state index < -0.39 is 0 Å². The molecule has 2 heterocycles. The fraction of sp³-hybridized carbons (Fsp3) is 0.769. The minimum Gasteiger partial charge on any atom is -0.375 e. The maximum absolute atomic E-state index is 5.90. The number of ether oxygens (including phenoxy) is 1. The van der Waals surface area contributed by atoms with Crippen molar-refractivity contribution in [2.45, 2.75) is 45.4 Å². The van der Waals surface area contributed by atoms with E-state index in [0.29, 0.717) is 17.9 Å². The summed E-state index contributed by atoms with van der Waals surface area (Å²) in [5.41, 5.74) is 2.96. The molecule has 5 atom stereocenters. The van der Waals surface area contributed by atoms with Gasteiger partial charge in [-0.15, -0.1) is 0 Å². The minimum absolute atomic E-state index is 0.195. The van der Waals surface area contributed by atoms with E-state index in [1.54, 1.807) is 0 Å². The Morgan fingerprint density at radius 3 is 2.61 bits per heavy atom. The van der Waals surface area contributed by atoms with Gasteiger partial charge >= 0.3 is 0 Å². The summed E-state index contributed by atoms with van der Waals surface area (Å²) in [5.74, 6) is 7.72. The summed E-state index contributed by atoms with van der Waals surface area (Å²) in [6.45, 7) is 6.50. The molecule has 0 radical (unpaired) electrons. The summed E-state index contributed by atoms with van der Waals surface area (Å²) in [4.78, 5) is 4.37. The number of hydrogen-bond donors (Lipinski definition) is 2. The Bertz CT molecular complexity index is 392. The van der Waals surface area contributed by atoms with Crippen molar-refractivity contribution in [2.75, 3.05) is 0 Å². The van der Waals surface area contributed by atoms with Crippen LogP contribution in [0.3, 0.4) is 0 Å². The zero-order chi connectivity index (χ0) is 13.3. The molecule has 102 valence electrons. The molecule has 2 rings (SSSR count). The molecule has 0 amide bonds. The minimum atomic E-state index is 0.195. The van der Waals surface area contributed by atoms with Gasteiger partial charge in [0.05, 0.1) is 12.2 Å². The number of hydrogen-bond acceptors (Lipinski definition) is 4. The average Bonchev–Trinajstić information content (AvgIpc) is 2.83. The fourth-order valence-corrected chi connectivity index (χ4v) is 3.08. The first-order valence-corrected chi connectivity index (χ1v) is 6.62. The van der Waals surface area contributed by atoms with Crippen LogP contribution < -0.4 is 11.3 Å². The molecule has 0 aliphatic carbocycles. The second-order valence-corrected chi connectivity index (χ2v) is 5.41. The molecule has 0 saturated carbocycles. The molecule has 1 saturated heterocycles.